The Morgan fingerprint density at radius 2 is 2.00 bits per heavy atom. The molecule has 1 saturated carbocycles. The molecule has 0 bridgehead atoms. The second-order valence-corrected chi connectivity index (χ2v) is 6.97. The second kappa shape index (κ2) is 6.17. The van der Waals surface area contributed by atoms with Gasteiger partial charge < -0.3 is 5.32 Å². The summed E-state index contributed by atoms with van der Waals surface area (Å²) in [6, 6.07) is 6.79. The molecule has 1 fully saturated rings. The van der Waals surface area contributed by atoms with Crippen LogP contribution in [0.3, 0.4) is 0 Å². The van der Waals surface area contributed by atoms with Crippen LogP contribution in [0, 0.1) is 24.7 Å². The average molecular weight is 280 g/mol. The van der Waals surface area contributed by atoms with E-state index in [1.807, 2.05) is 6.07 Å². The minimum atomic E-state index is 0.558. The number of halogens is 1. The van der Waals surface area contributed by atoms with Crippen LogP contribution in [0.2, 0.25) is 5.02 Å². The van der Waals surface area contributed by atoms with Crippen molar-refractivity contribution in [3.8, 4) is 0 Å². The van der Waals surface area contributed by atoms with Crippen LogP contribution in [0.4, 0.5) is 5.69 Å². The molecule has 0 saturated heterocycles. The number of rotatable bonds is 3. The zero-order valence-electron chi connectivity index (χ0n) is 12.5. The van der Waals surface area contributed by atoms with Crippen LogP contribution in [0.15, 0.2) is 18.2 Å². The van der Waals surface area contributed by atoms with E-state index in [0.717, 1.165) is 28.5 Å². The zero-order chi connectivity index (χ0) is 14.0. The molecule has 0 aliphatic heterocycles. The van der Waals surface area contributed by atoms with Gasteiger partial charge >= 0.3 is 0 Å². The Kier molecular flexibility index (Phi) is 4.78. The van der Waals surface area contributed by atoms with Crippen LogP contribution in [0.25, 0.3) is 0 Å². The Bertz CT molecular complexity index is 427. The first-order valence-corrected chi connectivity index (χ1v) is 7.88. The Labute approximate surface area is 122 Å². The van der Waals surface area contributed by atoms with Crippen LogP contribution in [0.5, 0.6) is 0 Å². The van der Waals surface area contributed by atoms with Crippen molar-refractivity contribution >= 4 is 17.3 Å². The van der Waals surface area contributed by atoms with Gasteiger partial charge in [-0.05, 0) is 55.2 Å². The topological polar surface area (TPSA) is 12.0 Å². The molecule has 1 nitrogen and oxygen atoms in total. The predicted molar refractivity (Wildman–Crippen MR) is 84.9 cm³/mol. The van der Waals surface area contributed by atoms with Crippen molar-refractivity contribution in [1.82, 2.24) is 0 Å². The van der Waals surface area contributed by atoms with E-state index in [1.165, 1.54) is 24.8 Å². The zero-order valence-corrected chi connectivity index (χ0v) is 13.3. The van der Waals surface area contributed by atoms with Crippen LogP contribution in [0.1, 0.15) is 45.6 Å². The molecule has 1 aromatic rings. The molecule has 0 amide bonds. The van der Waals surface area contributed by atoms with Crippen molar-refractivity contribution in [1.29, 1.82) is 0 Å². The Morgan fingerprint density at radius 3 is 2.68 bits per heavy atom. The van der Waals surface area contributed by atoms with Gasteiger partial charge in [0, 0.05) is 6.04 Å². The number of nitrogens with one attached hydrogen (secondary N) is 1. The summed E-state index contributed by atoms with van der Waals surface area (Å²) in [6.07, 6.45) is 3.95. The molecule has 1 aliphatic rings. The Balaban J connectivity index is 2.16. The van der Waals surface area contributed by atoms with Gasteiger partial charge in [-0.25, -0.2) is 0 Å². The fourth-order valence-electron chi connectivity index (χ4n) is 3.32. The molecule has 3 atom stereocenters. The smallest absolute Gasteiger partial charge is 0.0637 e. The maximum absolute atomic E-state index is 6.32. The van der Waals surface area contributed by atoms with Gasteiger partial charge in [0.05, 0.1) is 10.7 Å². The molecule has 2 rings (SSSR count). The third-order valence-electron chi connectivity index (χ3n) is 4.48. The van der Waals surface area contributed by atoms with E-state index in [4.69, 9.17) is 11.6 Å². The maximum atomic E-state index is 6.32. The van der Waals surface area contributed by atoms with Gasteiger partial charge in [0.1, 0.15) is 0 Å². The highest BCUT2D eigenvalue weighted by molar-refractivity contribution is 6.33. The lowest BCUT2D eigenvalue weighted by atomic mass is 9.74. The molecule has 1 aromatic carbocycles. The number of aryl methyl sites for hydroxylation is 1. The van der Waals surface area contributed by atoms with E-state index >= 15 is 0 Å². The van der Waals surface area contributed by atoms with Gasteiger partial charge in [-0.1, -0.05) is 44.9 Å². The second-order valence-electron chi connectivity index (χ2n) is 6.56. The van der Waals surface area contributed by atoms with Crippen LogP contribution < -0.4 is 5.32 Å². The normalized spacial score (nSPS) is 27.6. The minimum Gasteiger partial charge on any atom is -0.381 e. The monoisotopic (exact) mass is 279 g/mol. The van der Waals surface area contributed by atoms with E-state index < -0.39 is 0 Å². The third-order valence-corrected chi connectivity index (χ3v) is 4.81. The van der Waals surface area contributed by atoms with Gasteiger partial charge in [0.15, 0.2) is 0 Å². The molecular weight excluding hydrogens is 254 g/mol. The minimum absolute atomic E-state index is 0.558. The molecule has 1 aliphatic carbocycles. The van der Waals surface area contributed by atoms with Crippen molar-refractivity contribution in [2.24, 2.45) is 17.8 Å². The lowest BCUT2D eigenvalue weighted by molar-refractivity contribution is 0.212. The van der Waals surface area contributed by atoms with E-state index in [2.05, 4.69) is 45.1 Å². The molecule has 0 spiro atoms. The highest BCUT2D eigenvalue weighted by atomic mass is 35.5. The first-order valence-electron chi connectivity index (χ1n) is 7.50. The molecule has 106 valence electrons. The lowest BCUT2D eigenvalue weighted by Crippen LogP contribution is -2.37. The summed E-state index contributed by atoms with van der Waals surface area (Å²) >= 11 is 6.32. The number of anilines is 1. The summed E-state index contributed by atoms with van der Waals surface area (Å²) in [5, 5.41) is 4.56. The van der Waals surface area contributed by atoms with E-state index in [1.54, 1.807) is 0 Å². The summed E-state index contributed by atoms with van der Waals surface area (Å²) in [6.45, 7) is 9.16. The maximum Gasteiger partial charge on any atom is 0.0637 e. The van der Waals surface area contributed by atoms with Crippen molar-refractivity contribution in [3.63, 3.8) is 0 Å². The van der Waals surface area contributed by atoms with Crippen molar-refractivity contribution in [2.45, 2.75) is 53.0 Å². The van der Waals surface area contributed by atoms with Crippen molar-refractivity contribution in [3.05, 3.63) is 28.8 Å². The lowest BCUT2D eigenvalue weighted by Gasteiger charge is -2.38. The van der Waals surface area contributed by atoms with Gasteiger partial charge in [-0.15, -0.1) is 0 Å². The first kappa shape index (κ1) is 14.7. The number of benzene rings is 1. The van der Waals surface area contributed by atoms with E-state index in [-0.39, 0.29) is 0 Å². The molecule has 0 heterocycles. The highest BCUT2D eigenvalue weighted by Gasteiger charge is 2.30. The quantitative estimate of drug-likeness (QED) is 0.768. The first-order chi connectivity index (χ1) is 8.97. The number of hydrogen-bond donors (Lipinski definition) is 1. The van der Waals surface area contributed by atoms with Gasteiger partial charge in [0.25, 0.3) is 0 Å². The van der Waals surface area contributed by atoms with E-state index in [9.17, 15) is 0 Å². The molecule has 0 radical (unpaired) electrons. The Morgan fingerprint density at radius 1 is 1.26 bits per heavy atom. The fourth-order valence-corrected chi connectivity index (χ4v) is 3.49. The van der Waals surface area contributed by atoms with Crippen molar-refractivity contribution in [2.75, 3.05) is 5.32 Å². The SMILES string of the molecule is Cc1ccc(Cl)c(NC2CC(C)CCC2C(C)C)c1. The summed E-state index contributed by atoms with van der Waals surface area (Å²) in [5.41, 5.74) is 2.36. The van der Waals surface area contributed by atoms with Crippen LogP contribution in [-0.4, -0.2) is 6.04 Å². The molecule has 0 aromatic heterocycles. The summed E-state index contributed by atoms with van der Waals surface area (Å²) in [5.74, 6) is 2.30. The standard InChI is InChI=1S/C17H26ClN/c1-11(2)14-7-5-12(3)9-16(14)19-17-10-13(4)6-8-15(17)18/h6,8,10-12,14,16,19H,5,7,9H2,1-4H3. The average Bonchev–Trinajstić information content (AvgIpc) is 2.33. The summed E-state index contributed by atoms with van der Waals surface area (Å²) in [7, 11) is 0. The summed E-state index contributed by atoms with van der Waals surface area (Å²) < 4.78 is 0. The van der Waals surface area contributed by atoms with E-state index in [0.29, 0.717) is 6.04 Å². The predicted octanol–water partition coefficient (Wildman–Crippen LogP) is 5.52. The molecular formula is C17H26ClN. The molecule has 3 unspecified atom stereocenters. The summed E-state index contributed by atoms with van der Waals surface area (Å²) in [4.78, 5) is 0. The van der Waals surface area contributed by atoms with Gasteiger partial charge in [-0.2, -0.15) is 0 Å². The fraction of sp³-hybridized carbons (Fsp3) is 0.647. The van der Waals surface area contributed by atoms with Gasteiger partial charge in [0.2, 0.25) is 0 Å². The third kappa shape index (κ3) is 3.66. The largest absolute Gasteiger partial charge is 0.381 e. The Hall–Kier alpha value is -0.690. The molecule has 1 N–H and O–H groups in total. The van der Waals surface area contributed by atoms with Crippen molar-refractivity contribution < 1.29 is 0 Å². The highest BCUT2D eigenvalue weighted by Crippen LogP contribution is 2.36. The molecule has 19 heavy (non-hydrogen) atoms. The van der Waals surface area contributed by atoms with Crippen LogP contribution in [-0.2, 0) is 0 Å². The number of hydrogen-bond acceptors (Lipinski definition) is 1. The molecule has 2 heteroatoms. The van der Waals surface area contributed by atoms with Gasteiger partial charge in [-0.3, -0.25) is 0 Å². The van der Waals surface area contributed by atoms with Crippen LogP contribution >= 0.6 is 11.6 Å².